The van der Waals surface area contributed by atoms with Crippen molar-refractivity contribution in [1.29, 1.82) is 0 Å². The topological polar surface area (TPSA) is 49.6 Å². The molecule has 1 heterocycles. The van der Waals surface area contributed by atoms with Gasteiger partial charge < -0.3 is 10.6 Å². The maximum absolute atomic E-state index is 12.6. The third-order valence-electron chi connectivity index (χ3n) is 4.26. The molecule has 0 atom stereocenters. The Morgan fingerprint density at radius 1 is 0.957 bits per heavy atom. The van der Waals surface area contributed by atoms with E-state index < -0.39 is 0 Å². The first-order valence-corrected chi connectivity index (χ1v) is 8.13. The molecular weight excluding hydrogens is 286 g/mol. The molecule has 1 aliphatic heterocycles. The summed E-state index contributed by atoms with van der Waals surface area (Å²) in [6.07, 6.45) is 1.00. The predicted molar refractivity (Wildman–Crippen MR) is 93.1 cm³/mol. The standard InChI is InChI=1S/C19H23N3O/c20-18-9-4-8-17(14-18)19(23)22-11-5-10-21(12-13-22)15-16-6-2-1-3-7-16/h1-4,6-9,14H,5,10-13,15,20H2. The zero-order valence-corrected chi connectivity index (χ0v) is 13.3. The largest absolute Gasteiger partial charge is 0.399 e. The van der Waals surface area contributed by atoms with Crippen LogP contribution in [0, 0.1) is 0 Å². The van der Waals surface area contributed by atoms with Gasteiger partial charge in [-0.1, -0.05) is 36.4 Å². The minimum atomic E-state index is 0.0823. The van der Waals surface area contributed by atoms with Gasteiger partial charge >= 0.3 is 0 Å². The minimum absolute atomic E-state index is 0.0823. The molecule has 4 nitrogen and oxygen atoms in total. The van der Waals surface area contributed by atoms with E-state index in [4.69, 9.17) is 5.73 Å². The second-order valence-corrected chi connectivity index (χ2v) is 6.03. The van der Waals surface area contributed by atoms with Gasteiger partial charge in [-0.15, -0.1) is 0 Å². The van der Waals surface area contributed by atoms with Crippen molar-refractivity contribution in [2.24, 2.45) is 0 Å². The Bertz CT molecular complexity index is 657. The van der Waals surface area contributed by atoms with E-state index in [0.717, 1.165) is 39.1 Å². The van der Waals surface area contributed by atoms with Crippen molar-refractivity contribution in [3.05, 3.63) is 65.7 Å². The van der Waals surface area contributed by atoms with Crippen LogP contribution in [-0.2, 0) is 6.54 Å². The Morgan fingerprint density at radius 2 is 1.78 bits per heavy atom. The van der Waals surface area contributed by atoms with Crippen molar-refractivity contribution >= 4 is 11.6 Å². The van der Waals surface area contributed by atoms with Crippen LogP contribution < -0.4 is 5.73 Å². The number of hydrogen-bond donors (Lipinski definition) is 1. The molecule has 0 bridgehead atoms. The normalized spacial score (nSPS) is 16.1. The third kappa shape index (κ3) is 4.11. The second kappa shape index (κ2) is 7.29. The number of rotatable bonds is 3. The Labute approximate surface area is 137 Å². The van der Waals surface area contributed by atoms with E-state index in [1.807, 2.05) is 23.1 Å². The molecule has 0 unspecified atom stereocenters. The molecule has 0 radical (unpaired) electrons. The quantitative estimate of drug-likeness (QED) is 0.887. The van der Waals surface area contributed by atoms with Gasteiger partial charge in [0.15, 0.2) is 0 Å². The lowest BCUT2D eigenvalue weighted by molar-refractivity contribution is 0.0761. The summed E-state index contributed by atoms with van der Waals surface area (Å²) >= 11 is 0. The van der Waals surface area contributed by atoms with Crippen molar-refractivity contribution in [1.82, 2.24) is 9.80 Å². The minimum Gasteiger partial charge on any atom is -0.399 e. The highest BCUT2D eigenvalue weighted by atomic mass is 16.2. The molecule has 0 aromatic heterocycles. The van der Waals surface area contributed by atoms with Crippen molar-refractivity contribution < 1.29 is 4.79 Å². The summed E-state index contributed by atoms with van der Waals surface area (Å²) in [4.78, 5) is 17.0. The van der Waals surface area contributed by atoms with Gasteiger partial charge in [-0.05, 0) is 30.2 Å². The predicted octanol–water partition coefficient (Wildman–Crippen LogP) is 2.62. The van der Waals surface area contributed by atoms with Crippen LogP contribution in [-0.4, -0.2) is 41.9 Å². The number of anilines is 1. The fourth-order valence-electron chi connectivity index (χ4n) is 3.03. The highest BCUT2D eigenvalue weighted by molar-refractivity contribution is 5.95. The van der Waals surface area contributed by atoms with Gasteiger partial charge in [0.1, 0.15) is 0 Å². The van der Waals surface area contributed by atoms with E-state index in [2.05, 4.69) is 29.2 Å². The smallest absolute Gasteiger partial charge is 0.253 e. The van der Waals surface area contributed by atoms with Crippen molar-refractivity contribution in [2.75, 3.05) is 31.9 Å². The summed E-state index contributed by atoms with van der Waals surface area (Å²) in [5, 5.41) is 0. The van der Waals surface area contributed by atoms with Crippen LogP contribution in [0.1, 0.15) is 22.3 Å². The van der Waals surface area contributed by atoms with Crippen LogP contribution in [0.5, 0.6) is 0 Å². The first kappa shape index (κ1) is 15.6. The van der Waals surface area contributed by atoms with Crippen LogP contribution in [0.4, 0.5) is 5.69 Å². The molecule has 4 heteroatoms. The SMILES string of the molecule is Nc1cccc(C(=O)N2CCCN(Cc3ccccc3)CC2)c1. The number of carbonyl (C=O) groups excluding carboxylic acids is 1. The fraction of sp³-hybridized carbons (Fsp3) is 0.316. The molecule has 1 saturated heterocycles. The molecule has 120 valence electrons. The van der Waals surface area contributed by atoms with Gasteiger partial charge in [0.05, 0.1) is 0 Å². The number of nitrogens with zero attached hydrogens (tertiary/aromatic N) is 2. The summed E-state index contributed by atoms with van der Waals surface area (Å²) in [6.45, 7) is 4.44. The van der Waals surface area contributed by atoms with Crippen molar-refractivity contribution in [3.8, 4) is 0 Å². The molecule has 0 spiro atoms. The molecule has 1 aliphatic rings. The summed E-state index contributed by atoms with van der Waals surface area (Å²) in [6, 6.07) is 17.7. The first-order chi connectivity index (χ1) is 11.2. The lowest BCUT2D eigenvalue weighted by Gasteiger charge is -2.22. The van der Waals surface area contributed by atoms with Crippen LogP contribution in [0.25, 0.3) is 0 Å². The zero-order chi connectivity index (χ0) is 16.1. The van der Waals surface area contributed by atoms with E-state index in [-0.39, 0.29) is 5.91 Å². The molecule has 1 fully saturated rings. The molecule has 3 rings (SSSR count). The number of carbonyl (C=O) groups is 1. The lowest BCUT2D eigenvalue weighted by atomic mass is 10.1. The fourth-order valence-corrected chi connectivity index (χ4v) is 3.03. The number of amides is 1. The highest BCUT2D eigenvalue weighted by Gasteiger charge is 2.20. The van der Waals surface area contributed by atoms with E-state index in [9.17, 15) is 4.79 Å². The van der Waals surface area contributed by atoms with Gasteiger partial charge in [-0.2, -0.15) is 0 Å². The Morgan fingerprint density at radius 3 is 2.57 bits per heavy atom. The van der Waals surface area contributed by atoms with Crippen LogP contribution in [0.2, 0.25) is 0 Å². The molecule has 0 saturated carbocycles. The van der Waals surface area contributed by atoms with Gasteiger partial charge in [0.25, 0.3) is 5.91 Å². The maximum atomic E-state index is 12.6. The molecule has 0 aliphatic carbocycles. The van der Waals surface area contributed by atoms with E-state index in [1.54, 1.807) is 12.1 Å². The van der Waals surface area contributed by atoms with E-state index >= 15 is 0 Å². The summed E-state index contributed by atoms with van der Waals surface area (Å²) in [7, 11) is 0. The lowest BCUT2D eigenvalue weighted by Crippen LogP contribution is -2.35. The van der Waals surface area contributed by atoms with E-state index in [1.165, 1.54) is 5.56 Å². The van der Waals surface area contributed by atoms with Crippen molar-refractivity contribution in [3.63, 3.8) is 0 Å². The maximum Gasteiger partial charge on any atom is 0.253 e. The molecule has 23 heavy (non-hydrogen) atoms. The van der Waals surface area contributed by atoms with Gasteiger partial charge in [-0.3, -0.25) is 9.69 Å². The van der Waals surface area contributed by atoms with Gasteiger partial charge in [0, 0.05) is 44.0 Å². The Balaban J connectivity index is 1.61. The molecule has 2 aromatic rings. The average molecular weight is 309 g/mol. The highest BCUT2D eigenvalue weighted by Crippen LogP contribution is 2.13. The molecular formula is C19H23N3O. The number of nitrogen functional groups attached to an aromatic ring is 1. The third-order valence-corrected chi connectivity index (χ3v) is 4.26. The number of hydrogen-bond acceptors (Lipinski definition) is 3. The molecule has 2 N–H and O–H groups in total. The summed E-state index contributed by atoms with van der Waals surface area (Å²) in [5.41, 5.74) is 8.43. The molecule has 1 amide bonds. The summed E-state index contributed by atoms with van der Waals surface area (Å²) in [5.74, 6) is 0.0823. The second-order valence-electron chi connectivity index (χ2n) is 6.03. The number of benzene rings is 2. The van der Waals surface area contributed by atoms with Crippen LogP contribution >= 0.6 is 0 Å². The summed E-state index contributed by atoms with van der Waals surface area (Å²) < 4.78 is 0. The van der Waals surface area contributed by atoms with Gasteiger partial charge in [-0.25, -0.2) is 0 Å². The zero-order valence-electron chi connectivity index (χ0n) is 13.3. The Kier molecular flexibility index (Phi) is 4.93. The van der Waals surface area contributed by atoms with Gasteiger partial charge in [0.2, 0.25) is 0 Å². The van der Waals surface area contributed by atoms with Crippen LogP contribution in [0.3, 0.4) is 0 Å². The van der Waals surface area contributed by atoms with Crippen LogP contribution in [0.15, 0.2) is 54.6 Å². The molecule has 2 aromatic carbocycles. The monoisotopic (exact) mass is 309 g/mol. The van der Waals surface area contributed by atoms with E-state index in [0.29, 0.717) is 11.3 Å². The first-order valence-electron chi connectivity index (χ1n) is 8.13. The average Bonchev–Trinajstić information content (AvgIpc) is 2.81. The Hall–Kier alpha value is -2.33. The number of nitrogens with two attached hydrogens (primary N) is 1. The van der Waals surface area contributed by atoms with Crippen molar-refractivity contribution in [2.45, 2.75) is 13.0 Å².